The fourth-order valence-electron chi connectivity index (χ4n) is 1.83. The number of carbonyl (C=O) groups excluding carboxylic acids is 1. The summed E-state index contributed by atoms with van der Waals surface area (Å²) >= 11 is 0. The summed E-state index contributed by atoms with van der Waals surface area (Å²) in [5, 5.41) is 14.5. The van der Waals surface area contributed by atoms with Crippen molar-refractivity contribution in [3.8, 4) is 0 Å². The van der Waals surface area contributed by atoms with Crippen LogP contribution in [0.15, 0.2) is 29.4 Å². The van der Waals surface area contributed by atoms with E-state index in [0.29, 0.717) is 11.1 Å². The van der Waals surface area contributed by atoms with E-state index in [1.54, 1.807) is 24.3 Å². The number of hydrogen-bond acceptors (Lipinski definition) is 3. The van der Waals surface area contributed by atoms with E-state index in [1.165, 1.54) is 0 Å². The van der Waals surface area contributed by atoms with Crippen molar-refractivity contribution < 1.29 is 10.0 Å². The fraction of sp³-hybridized carbons (Fsp3) is 0.385. The van der Waals surface area contributed by atoms with Crippen molar-refractivity contribution in [1.82, 2.24) is 5.32 Å². The molecule has 18 heavy (non-hydrogen) atoms. The molecule has 96 valence electrons. The summed E-state index contributed by atoms with van der Waals surface area (Å²) < 4.78 is 0. The molecular weight excluding hydrogens is 230 g/mol. The van der Waals surface area contributed by atoms with Crippen molar-refractivity contribution >= 4 is 11.7 Å². The highest BCUT2D eigenvalue weighted by molar-refractivity contribution is 6.01. The van der Waals surface area contributed by atoms with Gasteiger partial charge in [0.15, 0.2) is 5.84 Å². The van der Waals surface area contributed by atoms with Gasteiger partial charge in [0.1, 0.15) is 0 Å². The topological polar surface area (TPSA) is 87.7 Å². The van der Waals surface area contributed by atoms with E-state index in [1.807, 2.05) is 0 Å². The molecule has 0 spiro atoms. The first kappa shape index (κ1) is 12.4. The minimum absolute atomic E-state index is 0.00333. The van der Waals surface area contributed by atoms with Crippen LogP contribution in [-0.4, -0.2) is 23.0 Å². The predicted octanol–water partition coefficient (Wildman–Crippen LogP) is 1.31. The number of nitrogens with zero attached hydrogens (tertiary/aromatic N) is 1. The Balaban J connectivity index is 2.11. The molecule has 0 saturated heterocycles. The number of oxime groups is 1. The second-order valence-corrected chi connectivity index (χ2v) is 5.28. The SMILES string of the molecule is CC1(C)CC1NC(=O)c1cccc(C(N)=NO)c1. The molecule has 0 radical (unpaired) electrons. The summed E-state index contributed by atoms with van der Waals surface area (Å²) in [6, 6.07) is 6.95. The number of hydrogen-bond donors (Lipinski definition) is 3. The molecular formula is C13H17N3O2. The Morgan fingerprint density at radius 2 is 2.11 bits per heavy atom. The van der Waals surface area contributed by atoms with Gasteiger partial charge < -0.3 is 16.3 Å². The van der Waals surface area contributed by atoms with Crippen LogP contribution in [0, 0.1) is 5.41 Å². The van der Waals surface area contributed by atoms with Crippen molar-refractivity contribution in [2.45, 2.75) is 26.3 Å². The lowest BCUT2D eigenvalue weighted by Gasteiger charge is -2.07. The maximum atomic E-state index is 12.0. The van der Waals surface area contributed by atoms with Gasteiger partial charge in [-0.15, -0.1) is 0 Å². The van der Waals surface area contributed by atoms with Gasteiger partial charge >= 0.3 is 0 Å². The van der Waals surface area contributed by atoms with E-state index in [4.69, 9.17) is 10.9 Å². The van der Waals surface area contributed by atoms with Crippen LogP contribution >= 0.6 is 0 Å². The Labute approximate surface area is 106 Å². The third-order valence-electron chi connectivity index (χ3n) is 3.35. The minimum atomic E-state index is -0.127. The Hall–Kier alpha value is -2.04. The molecule has 0 bridgehead atoms. The number of benzene rings is 1. The molecule has 5 heteroatoms. The first-order valence-electron chi connectivity index (χ1n) is 5.83. The van der Waals surface area contributed by atoms with Crippen LogP contribution in [0.4, 0.5) is 0 Å². The number of amides is 1. The van der Waals surface area contributed by atoms with Crippen molar-refractivity contribution in [2.24, 2.45) is 16.3 Å². The van der Waals surface area contributed by atoms with Gasteiger partial charge in [-0.25, -0.2) is 0 Å². The van der Waals surface area contributed by atoms with Crippen LogP contribution in [0.1, 0.15) is 36.2 Å². The number of rotatable bonds is 3. The van der Waals surface area contributed by atoms with Gasteiger partial charge in [0, 0.05) is 17.2 Å². The van der Waals surface area contributed by atoms with Crippen molar-refractivity contribution in [3.05, 3.63) is 35.4 Å². The molecule has 1 unspecified atom stereocenters. The summed E-state index contributed by atoms with van der Waals surface area (Å²) in [7, 11) is 0. The van der Waals surface area contributed by atoms with E-state index in [9.17, 15) is 4.79 Å². The molecule has 0 aliphatic heterocycles. The van der Waals surface area contributed by atoms with E-state index < -0.39 is 0 Å². The van der Waals surface area contributed by atoms with Gasteiger partial charge in [-0.3, -0.25) is 4.79 Å². The Morgan fingerprint density at radius 3 is 2.67 bits per heavy atom. The summed E-state index contributed by atoms with van der Waals surface area (Å²) in [4.78, 5) is 12.0. The number of nitrogens with one attached hydrogen (secondary N) is 1. The largest absolute Gasteiger partial charge is 0.409 e. The molecule has 1 amide bonds. The number of carbonyl (C=O) groups is 1. The summed E-state index contributed by atoms with van der Waals surface area (Å²) in [5.74, 6) is -0.130. The first-order valence-corrected chi connectivity index (χ1v) is 5.83. The summed E-state index contributed by atoms with van der Waals surface area (Å²) in [6.45, 7) is 4.23. The van der Waals surface area contributed by atoms with Gasteiger partial charge in [-0.2, -0.15) is 0 Å². The quantitative estimate of drug-likeness (QED) is 0.326. The van der Waals surface area contributed by atoms with Gasteiger partial charge in [0.05, 0.1) is 0 Å². The smallest absolute Gasteiger partial charge is 0.251 e. The summed E-state index contributed by atoms with van der Waals surface area (Å²) in [6.07, 6.45) is 0.999. The molecule has 4 N–H and O–H groups in total. The fourth-order valence-corrected chi connectivity index (χ4v) is 1.83. The van der Waals surface area contributed by atoms with Crippen LogP contribution in [0.25, 0.3) is 0 Å². The Kier molecular flexibility index (Phi) is 2.98. The molecule has 1 aliphatic rings. The molecule has 0 aromatic heterocycles. The maximum Gasteiger partial charge on any atom is 0.251 e. The van der Waals surface area contributed by atoms with Crippen LogP contribution in [-0.2, 0) is 0 Å². The average Bonchev–Trinajstić information content (AvgIpc) is 2.95. The monoisotopic (exact) mass is 247 g/mol. The first-order chi connectivity index (χ1) is 8.44. The van der Waals surface area contributed by atoms with Crippen LogP contribution < -0.4 is 11.1 Å². The third-order valence-corrected chi connectivity index (χ3v) is 3.35. The highest BCUT2D eigenvalue weighted by atomic mass is 16.4. The van der Waals surface area contributed by atoms with Crippen molar-refractivity contribution in [3.63, 3.8) is 0 Å². The lowest BCUT2D eigenvalue weighted by Crippen LogP contribution is -2.28. The van der Waals surface area contributed by atoms with Crippen molar-refractivity contribution in [1.29, 1.82) is 0 Å². The van der Waals surface area contributed by atoms with Crippen LogP contribution in [0.5, 0.6) is 0 Å². The average molecular weight is 247 g/mol. The molecule has 1 fully saturated rings. The normalized spacial score (nSPS) is 21.4. The zero-order chi connectivity index (χ0) is 13.3. The highest BCUT2D eigenvalue weighted by Crippen LogP contribution is 2.44. The molecule has 1 aliphatic carbocycles. The highest BCUT2D eigenvalue weighted by Gasteiger charge is 2.46. The molecule has 1 aromatic rings. The van der Waals surface area contributed by atoms with Crippen molar-refractivity contribution in [2.75, 3.05) is 0 Å². The minimum Gasteiger partial charge on any atom is -0.409 e. The standard InChI is InChI=1S/C13H17N3O2/c1-13(2)7-10(13)15-12(17)9-5-3-4-8(6-9)11(14)16-18/h3-6,10,18H,7H2,1-2H3,(H2,14,16)(H,15,17). The van der Waals surface area contributed by atoms with Gasteiger partial charge in [-0.05, 0) is 24.0 Å². The lowest BCUT2D eigenvalue weighted by molar-refractivity contribution is 0.0946. The van der Waals surface area contributed by atoms with E-state index in [-0.39, 0.29) is 23.2 Å². The molecule has 1 aromatic carbocycles. The molecule has 1 saturated carbocycles. The van der Waals surface area contributed by atoms with E-state index in [0.717, 1.165) is 6.42 Å². The van der Waals surface area contributed by atoms with E-state index in [2.05, 4.69) is 24.3 Å². The molecule has 0 heterocycles. The molecule has 5 nitrogen and oxygen atoms in total. The Morgan fingerprint density at radius 1 is 1.50 bits per heavy atom. The molecule has 2 rings (SSSR count). The zero-order valence-electron chi connectivity index (χ0n) is 10.5. The Bertz CT molecular complexity index is 509. The lowest BCUT2D eigenvalue weighted by atomic mass is 10.1. The third kappa shape index (κ3) is 2.45. The molecule has 1 atom stereocenters. The zero-order valence-corrected chi connectivity index (χ0v) is 10.5. The second-order valence-electron chi connectivity index (χ2n) is 5.28. The van der Waals surface area contributed by atoms with Gasteiger partial charge in [0.2, 0.25) is 0 Å². The van der Waals surface area contributed by atoms with E-state index >= 15 is 0 Å². The number of amidine groups is 1. The van der Waals surface area contributed by atoms with Gasteiger partial charge in [-0.1, -0.05) is 31.1 Å². The predicted molar refractivity (Wildman–Crippen MR) is 68.6 cm³/mol. The number of nitrogens with two attached hydrogens (primary N) is 1. The van der Waals surface area contributed by atoms with Crippen LogP contribution in [0.2, 0.25) is 0 Å². The van der Waals surface area contributed by atoms with Crippen LogP contribution in [0.3, 0.4) is 0 Å². The summed E-state index contributed by atoms with van der Waals surface area (Å²) in [5.41, 5.74) is 6.73. The maximum absolute atomic E-state index is 12.0. The van der Waals surface area contributed by atoms with Gasteiger partial charge in [0.25, 0.3) is 5.91 Å². The second kappa shape index (κ2) is 4.33.